The number of pyridine rings is 1. The van der Waals surface area contributed by atoms with Crippen LogP contribution in [0.15, 0.2) is 84.9 Å². The van der Waals surface area contributed by atoms with Crippen LogP contribution in [0.5, 0.6) is 5.88 Å². The van der Waals surface area contributed by atoms with Crippen LogP contribution in [-0.4, -0.2) is 43.9 Å². The van der Waals surface area contributed by atoms with E-state index in [-0.39, 0.29) is 11.8 Å². The van der Waals surface area contributed by atoms with Crippen molar-refractivity contribution >= 4 is 17.2 Å². The van der Waals surface area contributed by atoms with Gasteiger partial charge in [0.25, 0.3) is 0 Å². The minimum atomic E-state index is 0.0599. The van der Waals surface area contributed by atoms with E-state index in [1.54, 1.807) is 13.2 Å². The average molecular weight is 467 g/mol. The number of rotatable bonds is 11. The topological polar surface area (TPSA) is 42.4 Å². The highest BCUT2D eigenvalue weighted by Crippen LogP contribution is 2.45. The molecule has 4 aromatic rings. The van der Waals surface area contributed by atoms with Crippen molar-refractivity contribution in [2.24, 2.45) is 0 Å². The molecule has 0 aliphatic rings. The second-order valence-electron chi connectivity index (χ2n) is 9.36. The number of hydrogen-bond donors (Lipinski definition) is 0. The van der Waals surface area contributed by atoms with Gasteiger partial charge in [0.2, 0.25) is 5.88 Å². The Morgan fingerprint density at radius 1 is 0.886 bits per heavy atom. The van der Waals surface area contributed by atoms with Crippen molar-refractivity contribution in [3.63, 3.8) is 0 Å². The van der Waals surface area contributed by atoms with Crippen LogP contribution in [0, 0.1) is 0 Å². The van der Waals surface area contributed by atoms with Crippen molar-refractivity contribution in [1.29, 1.82) is 0 Å². The Morgan fingerprint density at radius 2 is 1.57 bits per heavy atom. The van der Waals surface area contributed by atoms with Crippen LogP contribution in [0.3, 0.4) is 0 Å². The SMILES string of the molecule is COc1nc2ccc(C=O)cc2cc1C(c1ccccc1)C(CCCCN(C)C)c1ccccc1. The first-order valence-electron chi connectivity index (χ1n) is 12.3. The van der Waals surface area contributed by atoms with Crippen molar-refractivity contribution in [2.45, 2.75) is 31.1 Å². The third kappa shape index (κ3) is 5.95. The van der Waals surface area contributed by atoms with Gasteiger partial charge in [-0.1, -0.05) is 67.1 Å². The number of hydrogen-bond acceptors (Lipinski definition) is 4. The zero-order chi connectivity index (χ0) is 24.6. The van der Waals surface area contributed by atoms with E-state index < -0.39 is 0 Å². The van der Waals surface area contributed by atoms with Gasteiger partial charge in [-0.25, -0.2) is 4.98 Å². The molecule has 0 amide bonds. The van der Waals surface area contributed by atoms with Gasteiger partial charge in [-0.2, -0.15) is 0 Å². The molecule has 0 aliphatic heterocycles. The Bertz CT molecular complexity index is 1240. The number of carbonyl (C=O) groups excluding carboxylic acids is 1. The van der Waals surface area contributed by atoms with Gasteiger partial charge < -0.3 is 9.64 Å². The van der Waals surface area contributed by atoms with Crippen molar-refractivity contribution < 1.29 is 9.53 Å². The average Bonchev–Trinajstić information content (AvgIpc) is 2.90. The minimum absolute atomic E-state index is 0.0599. The third-order valence-electron chi connectivity index (χ3n) is 6.66. The van der Waals surface area contributed by atoms with Gasteiger partial charge >= 0.3 is 0 Å². The Kier molecular flexibility index (Phi) is 8.27. The van der Waals surface area contributed by atoms with E-state index in [0.29, 0.717) is 11.4 Å². The van der Waals surface area contributed by atoms with Gasteiger partial charge in [-0.05, 0) is 74.8 Å². The lowest BCUT2D eigenvalue weighted by Crippen LogP contribution is -2.17. The van der Waals surface area contributed by atoms with Gasteiger partial charge in [-0.3, -0.25) is 4.79 Å². The summed E-state index contributed by atoms with van der Waals surface area (Å²) in [6.45, 7) is 1.08. The highest BCUT2D eigenvalue weighted by molar-refractivity contribution is 5.87. The van der Waals surface area contributed by atoms with E-state index in [0.717, 1.165) is 48.6 Å². The highest BCUT2D eigenvalue weighted by atomic mass is 16.5. The van der Waals surface area contributed by atoms with Crippen LogP contribution in [0.4, 0.5) is 0 Å². The van der Waals surface area contributed by atoms with E-state index >= 15 is 0 Å². The number of unbranched alkanes of at least 4 members (excludes halogenated alkanes) is 1. The molecule has 35 heavy (non-hydrogen) atoms. The molecule has 180 valence electrons. The van der Waals surface area contributed by atoms with Crippen LogP contribution in [0.1, 0.15) is 58.1 Å². The Balaban J connectivity index is 1.87. The Labute approximate surface area is 208 Å². The van der Waals surface area contributed by atoms with Crippen LogP contribution in [0.25, 0.3) is 10.9 Å². The molecule has 1 heterocycles. The smallest absolute Gasteiger partial charge is 0.217 e. The van der Waals surface area contributed by atoms with E-state index in [4.69, 9.17) is 9.72 Å². The molecule has 0 spiro atoms. The van der Waals surface area contributed by atoms with E-state index in [2.05, 4.69) is 85.7 Å². The van der Waals surface area contributed by atoms with Crippen LogP contribution < -0.4 is 4.74 Å². The highest BCUT2D eigenvalue weighted by Gasteiger charge is 2.29. The van der Waals surface area contributed by atoms with Gasteiger partial charge in [0, 0.05) is 22.4 Å². The van der Waals surface area contributed by atoms with Crippen LogP contribution in [-0.2, 0) is 0 Å². The number of fused-ring (bicyclic) bond motifs is 1. The molecule has 1 aromatic heterocycles. The molecular formula is C31H34N2O2. The maximum atomic E-state index is 11.5. The van der Waals surface area contributed by atoms with Crippen LogP contribution >= 0.6 is 0 Å². The summed E-state index contributed by atoms with van der Waals surface area (Å²) in [4.78, 5) is 18.6. The summed E-state index contributed by atoms with van der Waals surface area (Å²) in [5.41, 5.74) is 5.07. The zero-order valence-corrected chi connectivity index (χ0v) is 20.9. The minimum Gasteiger partial charge on any atom is -0.481 e. The molecule has 4 nitrogen and oxygen atoms in total. The molecule has 0 aliphatic carbocycles. The quantitative estimate of drug-likeness (QED) is 0.182. The molecule has 0 saturated heterocycles. The summed E-state index contributed by atoms with van der Waals surface area (Å²) in [5.74, 6) is 0.951. The van der Waals surface area contributed by atoms with Crippen molar-refractivity contribution in [3.05, 3.63) is 107 Å². The predicted molar refractivity (Wildman–Crippen MR) is 144 cm³/mol. The van der Waals surface area contributed by atoms with E-state index in [1.807, 2.05) is 12.1 Å². The lowest BCUT2D eigenvalue weighted by atomic mass is 9.75. The zero-order valence-electron chi connectivity index (χ0n) is 20.9. The fourth-order valence-corrected chi connectivity index (χ4v) is 4.96. The standard InChI is InChI=1S/C31H34N2O2/c1-33(2)19-11-10-16-27(24-12-6-4-7-13-24)30(25-14-8-5-9-15-25)28-21-26-20-23(22-34)17-18-29(26)32-31(28)35-3/h4-9,12-15,17-18,20-22,27,30H,10-11,16,19H2,1-3H3. The number of methoxy groups -OCH3 is 1. The summed E-state index contributed by atoms with van der Waals surface area (Å²) in [6.07, 6.45) is 4.20. The number of nitrogens with zero attached hydrogens (tertiary/aromatic N) is 2. The summed E-state index contributed by atoms with van der Waals surface area (Å²) in [7, 11) is 5.94. The fourth-order valence-electron chi connectivity index (χ4n) is 4.96. The summed E-state index contributed by atoms with van der Waals surface area (Å²) < 4.78 is 5.87. The molecule has 0 saturated carbocycles. The van der Waals surface area contributed by atoms with Crippen molar-refractivity contribution in [2.75, 3.05) is 27.7 Å². The lowest BCUT2D eigenvalue weighted by molar-refractivity contribution is 0.112. The van der Waals surface area contributed by atoms with Gasteiger partial charge in [-0.15, -0.1) is 0 Å². The van der Waals surface area contributed by atoms with Gasteiger partial charge in [0.1, 0.15) is 6.29 Å². The third-order valence-corrected chi connectivity index (χ3v) is 6.66. The summed E-state index contributed by atoms with van der Waals surface area (Å²) in [5, 5.41) is 0.950. The number of aldehydes is 1. The Morgan fingerprint density at radius 3 is 2.20 bits per heavy atom. The van der Waals surface area contributed by atoms with Gasteiger partial charge in [0.05, 0.1) is 12.6 Å². The molecule has 4 rings (SSSR count). The second kappa shape index (κ2) is 11.8. The maximum Gasteiger partial charge on any atom is 0.217 e. The van der Waals surface area contributed by atoms with E-state index in [9.17, 15) is 4.79 Å². The normalized spacial score (nSPS) is 13.0. The lowest BCUT2D eigenvalue weighted by Gasteiger charge is -2.30. The molecular weight excluding hydrogens is 432 g/mol. The molecule has 4 heteroatoms. The second-order valence-corrected chi connectivity index (χ2v) is 9.36. The molecule has 0 radical (unpaired) electrons. The number of aromatic nitrogens is 1. The number of ether oxygens (including phenoxy) is 1. The van der Waals surface area contributed by atoms with Gasteiger partial charge in [0.15, 0.2) is 0 Å². The summed E-state index contributed by atoms with van der Waals surface area (Å²) >= 11 is 0. The molecule has 0 bridgehead atoms. The van der Waals surface area contributed by atoms with Crippen molar-refractivity contribution in [1.82, 2.24) is 9.88 Å². The first-order valence-corrected chi connectivity index (χ1v) is 12.3. The number of benzene rings is 3. The van der Waals surface area contributed by atoms with E-state index in [1.165, 1.54) is 11.1 Å². The van der Waals surface area contributed by atoms with Crippen LogP contribution in [0.2, 0.25) is 0 Å². The molecule has 3 aromatic carbocycles. The first kappa shape index (κ1) is 24.6. The van der Waals surface area contributed by atoms with Crippen molar-refractivity contribution in [3.8, 4) is 5.88 Å². The number of carbonyl (C=O) groups is 1. The predicted octanol–water partition coefficient (Wildman–Crippen LogP) is 6.70. The molecule has 2 atom stereocenters. The maximum absolute atomic E-state index is 11.5. The fraction of sp³-hybridized carbons (Fsp3) is 0.290. The molecule has 2 unspecified atom stereocenters. The molecule has 0 fully saturated rings. The monoisotopic (exact) mass is 466 g/mol. The summed E-state index contributed by atoms with van der Waals surface area (Å²) in [6, 6.07) is 29.2. The molecule has 0 N–H and O–H groups in total. The Hall–Kier alpha value is -3.50. The first-order chi connectivity index (χ1) is 17.1. The largest absolute Gasteiger partial charge is 0.481 e.